The molecule has 1 fully saturated rings. The SMILES string of the molecule is Cc1cc(C#CCO)cc(C(=O)N2CC(C)CCC2C)c1. The van der Waals surface area contributed by atoms with Crippen LogP contribution in [0.2, 0.25) is 0 Å². The third-order valence-corrected chi connectivity index (χ3v) is 4.01. The van der Waals surface area contributed by atoms with Gasteiger partial charge in [-0.25, -0.2) is 0 Å². The number of rotatable bonds is 1. The predicted octanol–water partition coefficient (Wildman–Crippen LogP) is 2.60. The summed E-state index contributed by atoms with van der Waals surface area (Å²) in [6, 6.07) is 5.96. The lowest BCUT2D eigenvalue weighted by Crippen LogP contribution is -2.44. The van der Waals surface area contributed by atoms with E-state index in [0.29, 0.717) is 17.5 Å². The first-order valence-electron chi connectivity index (χ1n) is 7.53. The summed E-state index contributed by atoms with van der Waals surface area (Å²) >= 11 is 0. The average Bonchev–Trinajstić information content (AvgIpc) is 2.46. The number of hydrogen-bond donors (Lipinski definition) is 1. The topological polar surface area (TPSA) is 40.5 Å². The van der Waals surface area contributed by atoms with Crippen molar-refractivity contribution in [3.63, 3.8) is 0 Å². The highest BCUT2D eigenvalue weighted by Crippen LogP contribution is 2.23. The average molecular weight is 285 g/mol. The Balaban J connectivity index is 2.27. The molecule has 0 radical (unpaired) electrons. The van der Waals surface area contributed by atoms with Gasteiger partial charge in [-0.1, -0.05) is 18.8 Å². The number of amides is 1. The Bertz CT molecular complexity index is 583. The third kappa shape index (κ3) is 3.86. The smallest absolute Gasteiger partial charge is 0.254 e. The maximum Gasteiger partial charge on any atom is 0.254 e. The van der Waals surface area contributed by atoms with Gasteiger partial charge in [0.2, 0.25) is 0 Å². The number of benzene rings is 1. The lowest BCUT2D eigenvalue weighted by molar-refractivity contribution is 0.0574. The van der Waals surface area contributed by atoms with Gasteiger partial charge in [-0.2, -0.15) is 0 Å². The van der Waals surface area contributed by atoms with Gasteiger partial charge in [0.05, 0.1) is 0 Å². The molecule has 112 valence electrons. The molecule has 1 aromatic rings. The largest absolute Gasteiger partial charge is 0.384 e. The Labute approximate surface area is 127 Å². The van der Waals surface area contributed by atoms with Gasteiger partial charge in [-0.3, -0.25) is 4.79 Å². The van der Waals surface area contributed by atoms with E-state index in [0.717, 1.165) is 24.1 Å². The lowest BCUT2D eigenvalue weighted by atomic mass is 9.94. The van der Waals surface area contributed by atoms with Crippen molar-refractivity contribution < 1.29 is 9.90 Å². The van der Waals surface area contributed by atoms with Crippen molar-refractivity contribution in [3.05, 3.63) is 34.9 Å². The summed E-state index contributed by atoms with van der Waals surface area (Å²) in [5.41, 5.74) is 2.49. The number of hydrogen-bond acceptors (Lipinski definition) is 2. The number of aryl methyl sites for hydroxylation is 1. The van der Waals surface area contributed by atoms with Gasteiger partial charge < -0.3 is 10.0 Å². The molecular formula is C18H23NO2. The zero-order valence-corrected chi connectivity index (χ0v) is 13.0. The van der Waals surface area contributed by atoms with E-state index >= 15 is 0 Å². The molecule has 21 heavy (non-hydrogen) atoms. The molecule has 2 unspecified atom stereocenters. The van der Waals surface area contributed by atoms with E-state index in [1.807, 2.05) is 30.0 Å². The van der Waals surface area contributed by atoms with Gasteiger partial charge in [0.25, 0.3) is 5.91 Å². The predicted molar refractivity (Wildman–Crippen MR) is 84.0 cm³/mol. The zero-order chi connectivity index (χ0) is 15.4. The van der Waals surface area contributed by atoms with E-state index in [1.165, 1.54) is 6.42 Å². The molecule has 0 aliphatic carbocycles. The second-order valence-corrected chi connectivity index (χ2v) is 6.04. The Morgan fingerprint density at radius 1 is 1.33 bits per heavy atom. The highest BCUT2D eigenvalue weighted by atomic mass is 16.2. The molecule has 3 heteroatoms. The molecule has 2 atom stereocenters. The van der Waals surface area contributed by atoms with Crippen LogP contribution in [0.5, 0.6) is 0 Å². The molecule has 1 saturated heterocycles. The van der Waals surface area contributed by atoms with Crippen LogP contribution in [0.15, 0.2) is 18.2 Å². The Morgan fingerprint density at radius 3 is 2.81 bits per heavy atom. The number of nitrogens with zero attached hydrogens (tertiary/aromatic N) is 1. The minimum Gasteiger partial charge on any atom is -0.384 e. The molecule has 1 N–H and O–H groups in total. The molecule has 3 nitrogen and oxygen atoms in total. The second kappa shape index (κ2) is 6.78. The van der Waals surface area contributed by atoms with Crippen LogP contribution in [-0.2, 0) is 0 Å². The molecule has 1 aromatic carbocycles. The fourth-order valence-corrected chi connectivity index (χ4v) is 2.86. The van der Waals surface area contributed by atoms with Crippen molar-refractivity contribution in [2.45, 2.75) is 39.7 Å². The molecule has 1 heterocycles. The zero-order valence-electron chi connectivity index (χ0n) is 13.0. The van der Waals surface area contributed by atoms with Gasteiger partial charge in [0.15, 0.2) is 0 Å². The molecule has 1 aliphatic heterocycles. The van der Waals surface area contributed by atoms with E-state index in [4.69, 9.17) is 5.11 Å². The first-order chi connectivity index (χ1) is 10.0. The summed E-state index contributed by atoms with van der Waals surface area (Å²) in [6.45, 7) is 6.93. The quantitative estimate of drug-likeness (QED) is 0.806. The minimum atomic E-state index is -0.169. The van der Waals surface area contributed by atoms with Crippen molar-refractivity contribution in [3.8, 4) is 11.8 Å². The number of piperidine rings is 1. The first kappa shape index (κ1) is 15.6. The summed E-state index contributed by atoms with van der Waals surface area (Å²) in [4.78, 5) is 14.7. The summed E-state index contributed by atoms with van der Waals surface area (Å²) in [7, 11) is 0. The molecule has 1 aliphatic rings. The van der Waals surface area contributed by atoms with Crippen LogP contribution < -0.4 is 0 Å². The molecule has 2 rings (SSSR count). The van der Waals surface area contributed by atoms with Gasteiger partial charge in [0.1, 0.15) is 6.61 Å². The van der Waals surface area contributed by atoms with Crippen molar-refractivity contribution >= 4 is 5.91 Å². The standard InChI is InChI=1S/C18H23NO2/c1-13-6-7-15(3)19(12-13)18(21)17-10-14(2)9-16(11-17)5-4-8-20/h9-11,13,15,20H,6-8,12H2,1-3H3. The van der Waals surface area contributed by atoms with Crippen LogP contribution in [-0.4, -0.2) is 35.1 Å². The van der Waals surface area contributed by atoms with Gasteiger partial charge in [0, 0.05) is 23.7 Å². The summed E-state index contributed by atoms with van der Waals surface area (Å²) in [6.07, 6.45) is 2.25. The Kier molecular flexibility index (Phi) is 5.03. The van der Waals surface area contributed by atoms with Crippen LogP contribution in [0.25, 0.3) is 0 Å². The molecule has 1 amide bonds. The third-order valence-electron chi connectivity index (χ3n) is 4.01. The number of carbonyl (C=O) groups is 1. The lowest BCUT2D eigenvalue weighted by Gasteiger charge is -2.37. The van der Waals surface area contributed by atoms with E-state index in [9.17, 15) is 4.79 Å². The van der Waals surface area contributed by atoms with Crippen molar-refractivity contribution in [1.82, 2.24) is 4.90 Å². The Hall–Kier alpha value is -1.79. The maximum atomic E-state index is 12.8. The van der Waals surface area contributed by atoms with Gasteiger partial charge in [-0.05, 0) is 56.4 Å². The monoisotopic (exact) mass is 285 g/mol. The molecular weight excluding hydrogens is 262 g/mol. The van der Waals surface area contributed by atoms with Crippen molar-refractivity contribution in [2.75, 3.05) is 13.2 Å². The van der Waals surface area contributed by atoms with Gasteiger partial charge >= 0.3 is 0 Å². The van der Waals surface area contributed by atoms with E-state index in [1.54, 1.807) is 0 Å². The van der Waals surface area contributed by atoms with Crippen LogP contribution >= 0.6 is 0 Å². The van der Waals surface area contributed by atoms with Gasteiger partial charge in [-0.15, -0.1) is 0 Å². The minimum absolute atomic E-state index is 0.0878. The first-order valence-corrected chi connectivity index (χ1v) is 7.53. The van der Waals surface area contributed by atoms with Crippen molar-refractivity contribution in [2.24, 2.45) is 5.92 Å². The highest BCUT2D eigenvalue weighted by Gasteiger charge is 2.27. The second-order valence-electron chi connectivity index (χ2n) is 6.04. The number of aliphatic hydroxyl groups excluding tert-OH is 1. The summed E-state index contributed by atoms with van der Waals surface area (Å²) in [5, 5.41) is 8.79. The summed E-state index contributed by atoms with van der Waals surface area (Å²) < 4.78 is 0. The molecule has 0 aromatic heterocycles. The highest BCUT2D eigenvalue weighted by molar-refractivity contribution is 5.95. The fourth-order valence-electron chi connectivity index (χ4n) is 2.86. The number of aliphatic hydroxyl groups is 1. The van der Waals surface area contributed by atoms with Crippen LogP contribution in [0.1, 0.15) is 48.2 Å². The van der Waals surface area contributed by atoms with Crippen LogP contribution in [0, 0.1) is 24.7 Å². The normalized spacial score (nSPS) is 21.6. The number of carbonyl (C=O) groups excluding carboxylic acids is 1. The van der Waals surface area contributed by atoms with E-state index in [2.05, 4.69) is 25.7 Å². The van der Waals surface area contributed by atoms with E-state index < -0.39 is 0 Å². The van der Waals surface area contributed by atoms with Crippen LogP contribution in [0.3, 0.4) is 0 Å². The number of likely N-dealkylation sites (tertiary alicyclic amines) is 1. The molecule has 0 spiro atoms. The fraction of sp³-hybridized carbons (Fsp3) is 0.500. The van der Waals surface area contributed by atoms with Crippen molar-refractivity contribution in [1.29, 1.82) is 0 Å². The van der Waals surface area contributed by atoms with Crippen LogP contribution in [0.4, 0.5) is 0 Å². The molecule has 0 saturated carbocycles. The summed E-state index contributed by atoms with van der Waals surface area (Å²) in [5.74, 6) is 6.16. The van der Waals surface area contributed by atoms with E-state index in [-0.39, 0.29) is 12.5 Å². The maximum absolute atomic E-state index is 12.8. The Morgan fingerprint density at radius 2 is 2.10 bits per heavy atom. The molecule has 0 bridgehead atoms.